The number of benzene rings is 1. The van der Waals surface area contributed by atoms with Crippen LogP contribution in [0.3, 0.4) is 0 Å². The Morgan fingerprint density at radius 2 is 2.44 bits per heavy atom. The largest absolute Gasteiger partial charge is 0.482 e. The number of nitrogens with one attached hydrogen (secondary N) is 1. The van der Waals surface area contributed by atoms with Crippen LogP contribution in [0.25, 0.3) is 0 Å². The van der Waals surface area contributed by atoms with Gasteiger partial charge in [-0.05, 0) is 19.1 Å². The summed E-state index contributed by atoms with van der Waals surface area (Å²) in [5, 5.41) is 14.7. The minimum Gasteiger partial charge on any atom is -0.482 e. The number of nitrogens with zero attached hydrogens (tertiary/aromatic N) is 2. The van der Waals surface area contributed by atoms with Crippen LogP contribution < -0.4 is 5.43 Å². The number of hydrogen-bond acceptors (Lipinski definition) is 5. The standard InChI is InChI=1S/C9H10ClN3O3/c1-2-16-6-11-12-8-5-7(10)3-4-9(8)13(14)15/h3-6,12H,2H2,1H3. The number of ether oxygens (including phenoxy) is 1. The summed E-state index contributed by atoms with van der Waals surface area (Å²) in [5.41, 5.74) is 2.61. The molecule has 0 saturated carbocycles. The van der Waals surface area contributed by atoms with E-state index in [0.29, 0.717) is 11.6 Å². The molecule has 1 aromatic rings. The Bertz CT molecular complexity index is 409. The predicted octanol–water partition coefficient (Wildman–Crippen LogP) is 2.64. The summed E-state index contributed by atoms with van der Waals surface area (Å²) >= 11 is 5.72. The van der Waals surface area contributed by atoms with Crippen LogP contribution in [-0.4, -0.2) is 17.9 Å². The molecule has 0 bridgehead atoms. The molecule has 7 heteroatoms. The Morgan fingerprint density at radius 3 is 3.06 bits per heavy atom. The Balaban J connectivity index is 2.84. The van der Waals surface area contributed by atoms with Crippen LogP contribution in [0.2, 0.25) is 5.02 Å². The molecule has 6 nitrogen and oxygen atoms in total. The number of hydrazone groups is 1. The van der Waals surface area contributed by atoms with E-state index in [1.165, 1.54) is 24.6 Å². The minimum atomic E-state index is -0.519. The highest BCUT2D eigenvalue weighted by Gasteiger charge is 2.12. The van der Waals surface area contributed by atoms with Crippen LogP contribution in [0.5, 0.6) is 0 Å². The van der Waals surface area contributed by atoms with Gasteiger partial charge < -0.3 is 4.74 Å². The van der Waals surface area contributed by atoms with E-state index in [0.717, 1.165) is 0 Å². The molecule has 0 spiro atoms. The lowest BCUT2D eigenvalue weighted by atomic mass is 10.3. The quantitative estimate of drug-likeness (QED) is 0.373. The lowest BCUT2D eigenvalue weighted by Crippen LogP contribution is -1.97. The van der Waals surface area contributed by atoms with Crippen LogP contribution in [0.15, 0.2) is 23.3 Å². The summed E-state index contributed by atoms with van der Waals surface area (Å²) < 4.78 is 4.83. The molecule has 1 rings (SSSR count). The molecule has 0 aliphatic heterocycles. The maximum atomic E-state index is 10.7. The molecule has 0 amide bonds. The Kier molecular flexibility index (Phi) is 4.53. The van der Waals surface area contributed by atoms with Crippen LogP contribution in [0.4, 0.5) is 11.4 Å². The Labute approximate surface area is 97.0 Å². The molecule has 0 atom stereocenters. The third kappa shape index (κ3) is 3.39. The van der Waals surface area contributed by atoms with Crippen molar-refractivity contribution in [2.24, 2.45) is 5.10 Å². The number of rotatable bonds is 5. The van der Waals surface area contributed by atoms with E-state index in [1.54, 1.807) is 6.92 Å². The fraction of sp³-hybridized carbons (Fsp3) is 0.222. The summed E-state index contributed by atoms with van der Waals surface area (Å²) in [4.78, 5) is 10.1. The van der Waals surface area contributed by atoms with Crippen molar-refractivity contribution in [1.29, 1.82) is 0 Å². The molecule has 1 aromatic carbocycles. The van der Waals surface area contributed by atoms with Gasteiger partial charge >= 0.3 is 0 Å². The zero-order valence-electron chi connectivity index (χ0n) is 8.51. The van der Waals surface area contributed by atoms with E-state index in [9.17, 15) is 10.1 Å². The van der Waals surface area contributed by atoms with Crippen LogP contribution in [0.1, 0.15) is 6.92 Å². The number of anilines is 1. The van der Waals surface area contributed by atoms with Crippen LogP contribution >= 0.6 is 11.6 Å². The van der Waals surface area contributed by atoms with Gasteiger partial charge in [0.2, 0.25) is 0 Å². The summed E-state index contributed by atoms with van der Waals surface area (Å²) in [7, 11) is 0. The van der Waals surface area contributed by atoms with Crippen molar-refractivity contribution in [1.82, 2.24) is 0 Å². The minimum absolute atomic E-state index is 0.0990. The topological polar surface area (TPSA) is 76.8 Å². The van der Waals surface area contributed by atoms with Crippen molar-refractivity contribution < 1.29 is 9.66 Å². The zero-order chi connectivity index (χ0) is 12.0. The molecule has 86 valence electrons. The smallest absolute Gasteiger partial charge is 0.294 e. The normalized spacial score (nSPS) is 10.4. The van der Waals surface area contributed by atoms with E-state index < -0.39 is 4.92 Å². The van der Waals surface area contributed by atoms with Crippen LogP contribution in [0, 0.1) is 10.1 Å². The molecular weight excluding hydrogens is 234 g/mol. The molecule has 0 aromatic heterocycles. The summed E-state index contributed by atoms with van der Waals surface area (Å²) in [6.07, 6.45) is 1.17. The molecule has 0 unspecified atom stereocenters. The van der Waals surface area contributed by atoms with E-state index in [-0.39, 0.29) is 11.4 Å². The van der Waals surface area contributed by atoms with Gasteiger partial charge in [-0.25, -0.2) is 0 Å². The highest BCUT2D eigenvalue weighted by Crippen LogP contribution is 2.27. The molecule has 0 aliphatic carbocycles. The Morgan fingerprint density at radius 1 is 1.69 bits per heavy atom. The van der Waals surface area contributed by atoms with Crippen molar-refractivity contribution in [3.05, 3.63) is 33.3 Å². The fourth-order valence-electron chi connectivity index (χ4n) is 0.965. The first kappa shape index (κ1) is 12.3. The van der Waals surface area contributed by atoms with Crippen molar-refractivity contribution >= 4 is 29.4 Å². The SMILES string of the molecule is CCOC=NNc1cc(Cl)ccc1[N+](=O)[O-]. The second-order valence-electron chi connectivity index (χ2n) is 2.72. The second-order valence-corrected chi connectivity index (χ2v) is 3.16. The van der Waals surface area contributed by atoms with E-state index >= 15 is 0 Å². The maximum absolute atomic E-state index is 10.7. The fourth-order valence-corrected chi connectivity index (χ4v) is 1.14. The number of nitro groups is 1. The van der Waals surface area contributed by atoms with Crippen LogP contribution in [-0.2, 0) is 4.74 Å². The first-order valence-electron chi connectivity index (χ1n) is 4.48. The third-order valence-corrected chi connectivity index (χ3v) is 1.87. The average molecular weight is 244 g/mol. The van der Waals surface area contributed by atoms with Gasteiger partial charge in [-0.2, -0.15) is 0 Å². The van der Waals surface area contributed by atoms with Crippen molar-refractivity contribution in [3.8, 4) is 0 Å². The molecule has 16 heavy (non-hydrogen) atoms. The molecule has 0 fully saturated rings. The molecule has 1 N–H and O–H groups in total. The third-order valence-electron chi connectivity index (χ3n) is 1.63. The molecule has 0 radical (unpaired) electrons. The number of hydrogen-bond donors (Lipinski definition) is 1. The van der Waals surface area contributed by atoms with Crippen molar-refractivity contribution in [2.75, 3.05) is 12.0 Å². The average Bonchev–Trinajstić information content (AvgIpc) is 2.24. The van der Waals surface area contributed by atoms with Gasteiger partial charge in [0.1, 0.15) is 5.69 Å². The molecule has 0 saturated heterocycles. The monoisotopic (exact) mass is 243 g/mol. The van der Waals surface area contributed by atoms with Gasteiger partial charge in [0.15, 0.2) is 6.40 Å². The van der Waals surface area contributed by atoms with Gasteiger partial charge in [0.25, 0.3) is 5.69 Å². The van der Waals surface area contributed by atoms with E-state index in [2.05, 4.69) is 10.5 Å². The molecule has 0 aliphatic rings. The highest BCUT2D eigenvalue weighted by atomic mass is 35.5. The predicted molar refractivity (Wildman–Crippen MR) is 61.8 cm³/mol. The van der Waals surface area contributed by atoms with Crippen molar-refractivity contribution in [2.45, 2.75) is 6.92 Å². The first-order valence-corrected chi connectivity index (χ1v) is 4.86. The number of halogens is 1. The van der Waals surface area contributed by atoms with Gasteiger partial charge in [0.05, 0.1) is 11.5 Å². The Hall–Kier alpha value is -1.82. The lowest BCUT2D eigenvalue weighted by Gasteiger charge is -2.02. The van der Waals surface area contributed by atoms with E-state index in [4.69, 9.17) is 16.3 Å². The molecular formula is C9H10ClN3O3. The summed E-state index contributed by atoms with van der Waals surface area (Å²) in [6.45, 7) is 2.27. The van der Waals surface area contributed by atoms with Crippen molar-refractivity contribution in [3.63, 3.8) is 0 Å². The van der Waals surface area contributed by atoms with E-state index in [1.807, 2.05) is 0 Å². The first-order chi connectivity index (χ1) is 7.65. The van der Waals surface area contributed by atoms with Gasteiger partial charge in [0, 0.05) is 11.1 Å². The lowest BCUT2D eigenvalue weighted by molar-refractivity contribution is -0.384. The molecule has 0 heterocycles. The highest BCUT2D eigenvalue weighted by molar-refractivity contribution is 6.31. The van der Waals surface area contributed by atoms with Gasteiger partial charge in [-0.15, -0.1) is 5.10 Å². The number of nitro benzene ring substituents is 1. The zero-order valence-corrected chi connectivity index (χ0v) is 9.27. The second kappa shape index (κ2) is 5.92. The summed E-state index contributed by atoms with van der Waals surface area (Å²) in [5.74, 6) is 0. The van der Waals surface area contributed by atoms with Gasteiger partial charge in [-0.3, -0.25) is 15.5 Å². The summed E-state index contributed by atoms with van der Waals surface area (Å²) in [6, 6.07) is 4.17. The van der Waals surface area contributed by atoms with Gasteiger partial charge in [-0.1, -0.05) is 11.6 Å². The maximum Gasteiger partial charge on any atom is 0.294 e.